The molecule has 13 heavy (non-hydrogen) atoms. The first-order valence-electron chi connectivity index (χ1n) is 3.89. The highest BCUT2D eigenvalue weighted by Crippen LogP contribution is 2.20. The van der Waals surface area contributed by atoms with Crippen molar-refractivity contribution in [3.63, 3.8) is 0 Å². The molecule has 6 heteroatoms. The van der Waals surface area contributed by atoms with Gasteiger partial charge < -0.3 is 25.2 Å². The third-order valence-corrected chi connectivity index (χ3v) is 2.13. The van der Waals surface area contributed by atoms with Crippen LogP contribution in [0.3, 0.4) is 0 Å². The Labute approximate surface area is 74.4 Å². The molecule has 0 saturated carbocycles. The number of rotatable bonds is 2. The normalized spacial score (nSPS) is 40.2. The highest BCUT2D eigenvalue weighted by Gasteiger charge is 2.41. The summed E-state index contributed by atoms with van der Waals surface area (Å²) in [5.41, 5.74) is 0. The summed E-state index contributed by atoms with van der Waals surface area (Å²) in [6, 6.07) is 0. The smallest absolute Gasteiger partial charge is 0.311 e. The Balaban J connectivity index is 2.64. The summed E-state index contributed by atoms with van der Waals surface area (Å²) in [5.74, 6) is -2.35. The van der Waals surface area contributed by atoms with Gasteiger partial charge in [0.15, 0.2) is 0 Å². The fraction of sp³-hybridized carbons (Fsp3) is 0.857. The van der Waals surface area contributed by atoms with Gasteiger partial charge in [0.1, 0.15) is 18.1 Å². The lowest BCUT2D eigenvalue weighted by Crippen LogP contribution is -2.53. The Morgan fingerprint density at radius 2 is 2.00 bits per heavy atom. The molecule has 1 saturated heterocycles. The van der Waals surface area contributed by atoms with Crippen LogP contribution >= 0.6 is 0 Å². The molecule has 4 atom stereocenters. The van der Waals surface area contributed by atoms with Crippen molar-refractivity contribution < 1.29 is 30.0 Å². The molecule has 1 heterocycles. The van der Waals surface area contributed by atoms with Gasteiger partial charge >= 0.3 is 5.97 Å². The minimum absolute atomic E-state index is 0.196. The number of hydrogen-bond acceptors (Lipinski definition) is 5. The molecule has 0 radical (unpaired) electrons. The maximum atomic E-state index is 10.5. The van der Waals surface area contributed by atoms with Crippen LogP contribution in [0.4, 0.5) is 0 Å². The maximum Gasteiger partial charge on any atom is 0.311 e. The maximum absolute atomic E-state index is 10.5. The van der Waals surface area contributed by atoms with Gasteiger partial charge in [0.25, 0.3) is 0 Å². The third-order valence-electron chi connectivity index (χ3n) is 2.13. The minimum Gasteiger partial charge on any atom is -0.481 e. The molecule has 1 fully saturated rings. The Morgan fingerprint density at radius 3 is 2.46 bits per heavy atom. The van der Waals surface area contributed by atoms with Gasteiger partial charge in [-0.1, -0.05) is 0 Å². The van der Waals surface area contributed by atoms with Crippen molar-refractivity contribution in [1.82, 2.24) is 0 Å². The van der Waals surface area contributed by atoms with Crippen LogP contribution in [0.5, 0.6) is 0 Å². The zero-order valence-electron chi connectivity index (χ0n) is 6.83. The molecule has 3 unspecified atom stereocenters. The number of aliphatic hydroxyl groups is 3. The van der Waals surface area contributed by atoms with Gasteiger partial charge in [-0.05, 0) is 0 Å². The van der Waals surface area contributed by atoms with E-state index < -0.39 is 36.8 Å². The van der Waals surface area contributed by atoms with Crippen molar-refractivity contribution in [3.05, 3.63) is 0 Å². The average molecular weight is 192 g/mol. The van der Waals surface area contributed by atoms with Crippen LogP contribution in [0, 0.1) is 5.92 Å². The Kier molecular flexibility index (Phi) is 3.21. The quantitative estimate of drug-likeness (QED) is 0.395. The molecule has 0 bridgehead atoms. The lowest BCUT2D eigenvalue weighted by atomic mass is 9.93. The minimum atomic E-state index is -1.39. The van der Waals surface area contributed by atoms with Crippen LogP contribution in [-0.2, 0) is 9.53 Å². The van der Waals surface area contributed by atoms with E-state index in [9.17, 15) is 15.0 Å². The lowest BCUT2D eigenvalue weighted by molar-refractivity contribution is -0.190. The first-order chi connectivity index (χ1) is 6.07. The van der Waals surface area contributed by atoms with E-state index in [1.165, 1.54) is 0 Å². The van der Waals surface area contributed by atoms with E-state index in [2.05, 4.69) is 0 Å². The van der Waals surface area contributed by atoms with Gasteiger partial charge in [-0.25, -0.2) is 0 Å². The van der Waals surface area contributed by atoms with Crippen molar-refractivity contribution in [3.8, 4) is 0 Å². The Morgan fingerprint density at radius 1 is 1.38 bits per heavy atom. The third kappa shape index (κ3) is 1.97. The highest BCUT2D eigenvalue weighted by molar-refractivity contribution is 5.71. The molecule has 0 aliphatic carbocycles. The molecule has 0 spiro atoms. The van der Waals surface area contributed by atoms with Crippen molar-refractivity contribution in [2.24, 2.45) is 5.92 Å². The lowest BCUT2D eigenvalue weighted by Gasteiger charge is -2.34. The molecule has 76 valence electrons. The van der Waals surface area contributed by atoms with Crippen LogP contribution in [0.2, 0.25) is 0 Å². The molecule has 1 aliphatic rings. The molecule has 4 N–H and O–H groups in total. The molecule has 0 aromatic heterocycles. The van der Waals surface area contributed by atoms with Gasteiger partial charge in [0.05, 0.1) is 19.3 Å². The summed E-state index contributed by atoms with van der Waals surface area (Å²) in [7, 11) is 0. The number of hydrogen-bond donors (Lipinski definition) is 4. The first-order valence-corrected chi connectivity index (χ1v) is 3.89. The van der Waals surface area contributed by atoms with Gasteiger partial charge in [-0.3, -0.25) is 4.79 Å². The molecule has 1 aliphatic heterocycles. The Bertz CT molecular complexity index is 193. The largest absolute Gasteiger partial charge is 0.481 e. The number of ether oxygens (including phenoxy) is 1. The molecule has 1 rings (SSSR count). The molecule has 0 aromatic rings. The summed E-state index contributed by atoms with van der Waals surface area (Å²) in [5, 5.41) is 35.8. The first kappa shape index (κ1) is 10.4. The number of aliphatic carboxylic acids is 1. The number of aliphatic hydroxyl groups excluding tert-OH is 3. The van der Waals surface area contributed by atoms with Crippen LogP contribution in [0.15, 0.2) is 0 Å². The van der Waals surface area contributed by atoms with Crippen LogP contribution in [0.25, 0.3) is 0 Å². The number of carboxylic acid groups (broad SMARTS) is 1. The second kappa shape index (κ2) is 4.01. The number of carbonyl (C=O) groups is 1. The van der Waals surface area contributed by atoms with E-state index in [0.29, 0.717) is 0 Å². The van der Waals surface area contributed by atoms with E-state index in [1.807, 2.05) is 0 Å². The van der Waals surface area contributed by atoms with Crippen LogP contribution < -0.4 is 0 Å². The standard InChI is InChI=1S/C7H12O6/c8-1-4-6(10)5(9)3(2-13-4)7(11)12/h3-6,8-10H,1-2H2,(H,11,12)/t3-,4?,5?,6?/m1/s1. The van der Waals surface area contributed by atoms with Gasteiger partial charge in [-0.15, -0.1) is 0 Å². The van der Waals surface area contributed by atoms with Gasteiger partial charge in [0, 0.05) is 0 Å². The van der Waals surface area contributed by atoms with Gasteiger partial charge in [0.2, 0.25) is 0 Å². The summed E-state index contributed by atoms with van der Waals surface area (Å²) in [6.07, 6.45) is -3.63. The molecule has 0 aromatic carbocycles. The average Bonchev–Trinajstić information content (AvgIpc) is 2.09. The zero-order valence-corrected chi connectivity index (χ0v) is 6.83. The van der Waals surface area contributed by atoms with E-state index >= 15 is 0 Å². The summed E-state index contributed by atoms with van der Waals surface area (Å²) < 4.78 is 4.84. The fourth-order valence-corrected chi connectivity index (χ4v) is 1.26. The molecular weight excluding hydrogens is 180 g/mol. The van der Waals surface area contributed by atoms with E-state index in [-0.39, 0.29) is 6.61 Å². The zero-order chi connectivity index (χ0) is 10.0. The predicted molar refractivity (Wildman–Crippen MR) is 40.0 cm³/mol. The number of carboxylic acids is 1. The molecule has 6 nitrogen and oxygen atoms in total. The van der Waals surface area contributed by atoms with Gasteiger partial charge in [-0.2, -0.15) is 0 Å². The summed E-state index contributed by atoms with van der Waals surface area (Å²) in [6.45, 7) is -0.636. The van der Waals surface area contributed by atoms with Crippen LogP contribution in [-0.4, -0.2) is 57.9 Å². The monoisotopic (exact) mass is 192 g/mol. The van der Waals surface area contributed by atoms with Crippen molar-refractivity contribution in [2.75, 3.05) is 13.2 Å². The molecule has 0 amide bonds. The fourth-order valence-electron chi connectivity index (χ4n) is 1.26. The summed E-state index contributed by atoms with van der Waals surface area (Å²) >= 11 is 0. The SMILES string of the molecule is O=C(O)[C@@H]1COC(CO)C(O)C1O. The van der Waals surface area contributed by atoms with Crippen molar-refractivity contribution >= 4 is 5.97 Å². The summed E-state index contributed by atoms with van der Waals surface area (Å²) in [4.78, 5) is 10.5. The van der Waals surface area contributed by atoms with Crippen molar-refractivity contribution in [1.29, 1.82) is 0 Å². The van der Waals surface area contributed by atoms with E-state index in [1.54, 1.807) is 0 Å². The molecular formula is C7H12O6. The van der Waals surface area contributed by atoms with E-state index in [0.717, 1.165) is 0 Å². The topological polar surface area (TPSA) is 107 Å². The van der Waals surface area contributed by atoms with Crippen molar-refractivity contribution in [2.45, 2.75) is 18.3 Å². The second-order valence-corrected chi connectivity index (χ2v) is 2.98. The predicted octanol–water partition coefficient (Wildman–Crippen LogP) is -2.20. The highest BCUT2D eigenvalue weighted by atomic mass is 16.5. The van der Waals surface area contributed by atoms with E-state index in [4.69, 9.17) is 14.9 Å². The van der Waals surface area contributed by atoms with Crippen LogP contribution in [0.1, 0.15) is 0 Å². The second-order valence-electron chi connectivity index (χ2n) is 2.98. The Hall–Kier alpha value is -0.690.